The number of hydrogen-bond acceptors (Lipinski definition) is 4. The lowest BCUT2D eigenvalue weighted by Gasteiger charge is -2.26. The van der Waals surface area contributed by atoms with Gasteiger partial charge in [-0.05, 0) is 35.8 Å². The van der Waals surface area contributed by atoms with E-state index in [-0.39, 0.29) is 11.1 Å². The standard InChI is InChI=1S/C11H15BrN2O3/c1-11(2,6-17-3)14-9-8(10(15)16)4-7(12)5-13-9/h4-5H,6H2,1-3H3,(H,13,14)(H,15,16). The highest BCUT2D eigenvalue weighted by atomic mass is 79.9. The summed E-state index contributed by atoms with van der Waals surface area (Å²) in [5.74, 6) is -0.683. The maximum Gasteiger partial charge on any atom is 0.339 e. The van der Waals surface area contributed by atoms with Crippen LogP contribution in [0, 0.1) is 0 Å². The number of pyridine rings is 1. The van der Waals surface area contributed by atoms with E-state index in [0.29, 0.717) is 16.9 Å². The Bertz CT molecular complexity index is 421. The largest absolute Gasteiger partial charge is 0.478 e. The summed E-state index contributed by atoms with van der Waals surface area (Å²) in [5, 5.41) is 12.1. The van der Waals surface area contributed by atoms with Crippen LogP contribution in [-0.4, -0.2) is 35.3 Å². The Hall–Kier alpha value is -1.14. The maximum absolute atomic E-state index is 11.1. The van der Waals surface area contributed by atoms with E-state index in [1.165, 1.54) is 6.07 Å². The first-order valence-electron chi connectivity index (χ1n) is 5.02. The van der Waals surface area contributed by atoms with E-state index in [0.717, 1.165) is 0 Å². The second kappa shape index (κ2) is 5.46. The first-order valence-corrected chi connectivity index (χ1v) is 5.81. The molecule has 1 heterocycles. The highest BCUT2D eigenvalue weighted by Gasteiger charge is 2.21. The van der Waals surface area contributed by atoms with E-state index >= 15 is 0 Å². The minimum atomic E-state index is -1.02. The van der Waals surface area contributed by atoms with Crippen LogP contribution in [0.5, 0.6) is 0 Å². The molecule has 0 bridgehead atoms. The summed E-state index contributed by atoms with van der Waals surface area (Å²) < 4.78 is 5.69. The van der Waals surface area contributed by atoms with Crippen LogP contribution in [-0.2, 0) is 4.74 Å². The number of nitrogens with one attached hydrogen (secondary N) is 1. The summed E-state index contributed by atoms with van der Waals surface area (Å²) in [5.41, 5.74) is -0.261. The molecule has 6 heteroatoms. The minimum absolute atomic E-state index is 0.128. The number of halogens is 1. The molecule has 0 unspecified atom stereocenters. The molecule has 0 aromatic carbocycles. The van der Waals surface area contributed by atoms with Crippen LogP contribution in [0.25, 0.3) is 0 Å². The average molecular weight is 303 g/mol. The number of anilines is 1. The molecule has 1 aromatic rings. The summed E-state index contributed by atoms with van der Waals surface area (Å²) in [4.78, 5) is 15.2. The van der Waals surface area contributed by atoms with Crippen molar-refractivity contribution >= 4 is 27.7 Å². The number of carboxylic acids is 1. The van der Waals surface area contributed by atoms with Crippen molar-refractivity contribution in [2.45, 2.75) is 19.4 Å². The number of nitrogens with zero attached hydrogens (tertiary/aromatic N) is 1. The highest BCUT2D eigenvalue weighted by Crippen LogP contribution is 2.21. The Labute approximate surface area is 108 Å². The second-order valence-corrected chi connectivity index (χ2v) is 5.21. The number of carbonyl (C=O) groups is 1. The Morgan fingerprint density at radius 1 is 1.65 bits per heavy atom. The fourth-order valence-corrected chi connectivity index (χ4v) is 1.75. The predicted octanol–water partition coefficient (Wildman–Crippen LogP) is 2.38. The Morgan fingerprint density at radius 2 is 2.29 bits per heavy atom. The van der Waals surface area contributed by atoms with Gasteiger partial charge in [0.25, 0.3) is 0 Å². The summed E-state index contributed by atoms with van der Waals surface area (Å²) in [6, 6.07) is 1.51. The van der Waals surface area contributed by atoms with Gasteiger partial charge >= 0.3 is 5.97 Å². The molecule has 0 saturated heterocycles. The van der Waals surface area contributed by atoms with E-state index < -0.39 is 5.97 Å². The molecule has 0 atom stereocenters. The molecule has 0 fully saturated rings. The van der Waals surface area contributed by atoms with Crippen LogP contribution in [0.2, 0.25) is 0 Å². The summed E-state index contributed by atoms with van der Waals surface area (Å²) in [7, 11) is 1.59. The number of rotatable bonds is 5. The van der Waals surface area contributed by atoms with Crippen LogP contribution in [0.1, 0.15) is 24.2 Å². The molecule has 0 spiro atoms. The topological polar surface area (TPSA) is 71.5 Å². The third-order valence-electron chi connectivity index (χ3n) is 2.05. The monoisotopic (exact) mass is 302 g/mol. The van der Waals surface area contributed by atoms with Gasteiger partial charge in [0.05, 0.1) is 12.1 Å². The third-order valence-corrected chi connectivity index (χ3v) is 2.48. The molecular formula is C11H15BrN2O3. The smallest absolute Gasteiger partial charge is 0.339 e. The van der Waals surface area contributed by atoms with Crippen molar-refractivity contribution in [3.63, 3.8) is 0 Å². The van der Waals surface area contributed by atoms with Crippen LogP contribution in [0.4, 0.5) is 5.82 Å². The van der Waals surface area contributed by atoms with Crippen molar-refractivity contribution in [2.24, 2.45) is 0 Å². The fourth-order valence-electron chi connectivity index (χ4n) is 1.42. The van der Waals surface area contributed by atoms with Crippen molar-refractivity contribution < 1.29 is 14.6 Å². The Morgan fingerprint density at radius 3 is 2.82 bits per heavy atom. The molecule has 0 aliphatic heterocycles. The maximum atomic E-state index is 11.1. The molecule has 1 rings (SSSR count). The number of aromatic carboxylic acids is 1. The normalized spacial score (nSPS) is 11.3. The molecule has 0 aliphatic rings. The first-order chi connectivity index (χ1) is 7.85. The number of aromatic nitrogens is 1. The average Bonchev–Trinajstić information content (AvgIpc) is 2.20. The predicted molar refractivity (Wildman–Crippen MR) is 68.5 cm³/mol. The molecule has 0 radical (unpaired) electrons. The lowest BCUT2D eigenvalue weighted by atomic mass is 10.1. The van der Waals surface area contributed by atoms with Crippen LogP contribution in [0.3, 0.4) is 0 Å². The van der Waals surface area contributed by atoms with Crippen LogP contribution < -0.4 is 5.32 Å². The molecular weight excluding hydrogens is 288 g/mol. The van der Waals surface area contributed by atoms with Crippen LogP contribution in [0.15, 0.2) is 16.7 Å². The van der Waals surface area contributed by atoms with Crippen molar-refractivity contribution in [2.75, 3.05) is 19.0 Å². The zero-order chi connectivity index (χ0) is 13.1. The van der Waals surface area contributed by atoms with E-state index in [4.69, 9.17) is 9.84 Å². The Kier molecular flexibility index (Phi) is 4.47. The van der Waals surface area contributed by atoms with Gasteiger partial charge < -0.3 is 15.2 Å². The van der Waals surface area contributed by atoms with Gasteiger partial charge in [0.1, 0.15) is 11.4 Å². The van der Waals surface area contributed by atoms with Crippen molar-refractivity contribution in [3.05, 3.63) is 22.3 Å². The van der Waals surface area contributed by atoms with Gasteiger partial charge in [-0.15, -0.1) is 0 Å². The zero-order valence-corrected chi connectivity index (χ0v) is 11.5. The van der Waals surface area contributed by atoms with Gasteiger partial charge in [0.2, 0.25) is 0 Å². The summed E-state index contributed by atoms with van der Waals surface area (Å²) >= 11 is 3.20. The summed E-state index contributed by atoms with van der Waals surface area (Å²) in [6.07, 6.45) is 1.55. The van der Waals surface area contributed by atoms with Crippen molar-refractivity contribution in [1.29, 1.82) is 0 Å². The Balaban J connectivity index is 3.02. The van der Waals surface area contributed by atoms with E-state index in [9.17, 15) is 4.79 Å². The molecule has 0 saturated carbocycles. The van der Waals surface area contributed by atoms with Gasteiger partial charge in [0, 0.05) is 17.8 Å². The van der Waals surface area contributed by atoms with Gasteiger partial charge in [0.15, 0.2) is 0 Å². The van der Waals surface area contributed by atoms with E-state index in [1.54, 1.807) is 13.3 Å². The number of ether oxygens (including phenoxy) is 1. The first kappa shape index (κ1) is 13.9. The van der Waals surface area contributed by atoms with E-state index in [2.05, 4.69) is 26.2 Å². The molecule has 5 nitrogen and oxygen atoms in total. The number of carboxylic acid groups (broad SMARTS) is 1. The minimum Gasteiger partial charge on any atom is -0.478 e. The van der Waals surface area contributed by atoms with Crippen LogP contribution >= 0.6 is 15.9 Å². The van der Waals surface area contributed by atoms with Gasteiger partial charge in [-0.25, -0.2) is 9.78 Å². The van der Waals surface area contributed by atoms with Gasteiger partial charge in [-0.3, -0.25) is 0 Å². The van der Waals surface area contributed by atoms with Crippen molar-refractivity contribution in [1.82, 2.24) is 4.98 Å². The molecule has 2 N–H and O–H groups in total. The van der Waals surface area contributed by atoms with Crippen molar-refractivity contribution in [3.8, 4) is 0 Å². The number of hydrogen-bond donors (Lipinski definition) is 2. The third kappa shape index (κ3) is 3.98. The highest BCUT2D eigenvalue weighted by molar-refractivity contribution is 9.10. The quantitative estimate of drug-likeness (QED) is 0.874. The fraction of sp³-hybridized carbons (Fsp3) is 0.455. The number of methoxy groups -OCH3 is 1. The SMILES string of the molecule is COCC(C)(C)Nc1ncc(Br)cc1C(=O)O. The second-order valence-electron chi connectivity index (χ2n) is 4.30. The molecule has 0 aliphatic carbocycles. The summed E-state index contributed by atoms with van der Waals surface area (Å²) in [6.45, 7) is 4.27. The zero-order valence-electron chi connectivity index (χ0n) is 9.95. The molecule has 17 heavy (non-hydrogen) atoms. The molecule has 0 amide bonds. The lowest BCUT2D eigenvalue weighted by molar-refractivity contribution is 0.0697. The van der Waals surface area contributed by atoms with E-state index in [1.807, 2.05) is 13.8 Å². The van der Waals surface area contributed by atoms with Gasteiger partial charge in [-0.2, -0.15) is 0 Å². The van der Waals surface area contributed by atoms with Gasteiger partial charge in [-0.1, -0.05) is 0 Å². The molecule has 94 valence electrons. The lowest BCUT2D eigenvalue weighted by Crippen LogP contribution is -2.36. The molecule has 1 aromatic heterocycles.